The Bertz CT molecular complexity index is 440. The maximum atomic E-state index is 8.72. The van der Waals surface area contributed by atoms with E-state index >= 15 is 0 Å². The molecular weight excluding hydrogens is 206 g/mol. The molecule has 0 aromatic carbocycles. The first-order valence-electron chi connectivity index (χ1n) is 6.05. The van der Waals surface area contributed by atoms with Crippen LogP contribution in [0.5, 0.6) is 5.88 Å². The summed E-state index contributed by atoms with van der Waals surface area (Å²) in [6.07, 6.45) is 1.10. The van der Waals surface area contributed by atoms with E-state index in [1.165, 1.54) is 0 Å². The molecule has 0 radical (unpaired) electrons. The van der Waals surface area contributed by atoms with Gasteiger partial charge in [0.15, 0.2) is 0 Å². The molecule has 0 unspecified atom stereocenters. The smallest absolute Gasteiger partial charge is 0.213 e. The summed E-state index contributed by atoms with van der Waals surface area (Å²) in [4.78, 5) is 4.43. The van der Waals surface area contributed by atoms with Crippen molar-refractivity contribution < 1.29 is 16.0 Å². The molecule has 1 aliphatic carbocycles. The van der Waals surface area contributed by atoms with Crippen molar-refractivity contribution in [2.45, 2.75) is 11.8 Å². The summed E-state index contributed by atoms with van der Waals surface area (Å²) in [6, 6.07) is 3.76. The van der Waals surface area contributed by atoms with Crippen LogP contribution in [0.25, 0.3) is 0 Å². The van der Waals surface area contributed by atoms with Crippen LogP contribution in [-0.4, -0.2) is 36.5 Å². The number of pyridine rings is 1. The van der Waals surface area contributed by atoms with Crippen LogP contribution in [0.1, 0.15) is 13.5 Å². The van der Waals surface area contributed by atoms with E-state index in [4.69, 9.17) is 16.0 Å². The molecule has 1 saturated carbocycles. The van der Waals surface area contributed by atoms with Crippen LogP contribution in [0, 0.1) is 5.92 Å². The predicted octanol–water partition coefficient (Wildman–Crippen LogP) is 0.741. The lowest BCUT2D eigenvalue weighted by Gasteiger charge is -2.11. The molecule has 2 fully saturated rings. The van der Waals surface area contributed by atoms with Crippen LogP contribution in [0.3, 0.4) is 0 Å². The molecule has 1 saturated heterocycles. The second-order valence-corrected chi connectivity index (χ2v) is 4.44. The lowest BCUT2D eigenvalue weighted by Crippen LogP contribution is -2.14. The van der Waals surface area contributed by atoms with E-state index in [1.54, 1.807) is 12.1 Å². The van der Waals surface area contributed by atoms with Crippen LogP contribution in [-0.2, 0) is 10.2 Å². The van der Waals surface area contributed by atoms with Gasteiger partial charge in [0, 0.05) is 11.5 Å². The van der Waals surface area contributed by atoms with E-state index in [9.17, 15) is 0 Å². The Kier molecular flexibility index (Phi) is 2.08. The van der Waals surface area contributed by atoms with Crippen LogP contribution >= 0.6 is 0 Å². The van der Waals surface area contributed by atoms with Gasteiger partial charge in [-0.15, -0.1) is 0 Å². The van der Waals surface area contributed by atoms with Gasteiger partial charge in [-0.3, -0.25) is 0 Å². The quantitative estimate of drug-likeness (QED) is 0.816. The average molecular weight is 222 g/mol. The van der Waals surface area contributed by atoms with E-state index in [-0.39, 0.29) is 18.6 Å². The van der Waals surface area contributed by atoms with Crippen molar-refractivity contribution in [3.63, 3.8) is 0 Å². The molecule has 3 rings (SSSR count). The maximum Gasteiger partial charge on any atom is 0.213 e. The Hall–Kier alpha value is -1.13. The van der Waals surface area contributed by atoms with Gasteiger partial charge in [0.25, 0.3) is 0 Å². The highest BCUT2D eigenvalue weighted by Gasteiger charge is 2.60. The molecule has 0 spiro atoms. The van der Waals surface area contributed by atoms with Gasteiger partial charge in [0.05, 0.1) is 26.9 Å². The molecule has 0 bridgehead atoms. The van der Waals surface area contributed by atoms with Crippen LogP contribution in [0.2, 0.25) is 0 Å². The van der Waals surface area contributed by atoms with Gasteiger partial charge < -0.3 is 14.6 Å². The van der Waals surface area contributed by atoms with Crippen molar-refractivity contribution in [2.24, 2.45) is 5.92 Å². The van der Waals surface area contributed by atoms with Crippen molar-refractivity contribution >= 4 is 0 Å². The average Bonchev–Trinajstić information content (AvgIpc) is 2.89. The SMILES string of the molecule is [2H]c1cc(OCCO)nc([C@]23COC[C@H]2C3)c1. The minimum atomic E-state index is -0.0455. The Morgan fingerprint density at radius 3 is 3.31 bits per heavy atom. The topological polar surface area (TPSA) is 51.6 Å². The first kappa shape index (κ1) is 8.96. The third-order valence-electron chi connectivity index (χ3n) is 3.42. The number of aliphatic hydroxyl groups is 1. The van der Waals surface area contributed by atoms with Crippen LogP contribution < -0.4 is 4.74 Å². The molecule has 16 heavy (non-hydrogen) atoms. The molecule has 4 heteroatoms. The van der Waals surface area contributed by atoms with Gasteiger partial charge in [-0.1, -0.05) is 6.04 Å². The van der Waals surface area contributed by atoms with Crippen LogP contribution in [0.4, 0.5) is 0 Å². The Labute approximate surface area is 95.6 Å². The monoisotopic (exact) mass is 222 g/mol. The predicted molar refractivity (Wildman–Crippen MR) is 57.4 cm³/mol. The maximum absolute atomic E-state index is 8.72. The van der Waals surface area contributed by atoms with Gasteiger partial charge in [-0.05, 0) is 18.4 Å². The highest BCUT2D eigenvalue weighted by molar-refractivity contribution is 5.32. The van der Waals surface area contributed by atoms with Crippen molar-refractivity contribution in [3.8, 4) is 5.88 Å². The fourth-order valence-electron chi connectivity index (χ4n) is 2.40. The number of hydrogen-bond acceptors (Lipinski definition) is 4. The molecule has 0 amide bonds. The Morgan fingerprint density at radius 2 is 2.62 bits per heavy atom. The van der Waals surface area contributed by atoms with Gasteiger partial charge >= 0.3 is 0 Å². The zero-order valence-corrected chi connectivity index (χ0v) is 8.98. The molecule has 2 aliphatic rings. The Morgan fingerprint density at radius 1 is 1.69 bits per heavy atom. The number of nitrogens with zero attached hydrogens (tertiary/aromatic N) is 1. The van der Waals surface area contributed by atoms with Gasteiger partial charge in [0.2, 0.25) is 5.88 Å². The van der Waals surface area contributed by atoms with Crippen LogP contribution in [0.15, 0.2) is 18.2 Å². The summed E-state index contributed by atoms with van der Waals surface area (Å²) in [6.45, 7) is 1.67. The van der Waals surface area contributed by atoms with Crippen molar-refractivity contribution in [1.82, 2.24) is 4.98 Å². The number of fused-ring (bicyclic) bond motifs is 1. The standard InChI is InChI=1S/C12H15NO3/c14-4-5-16-11-3-1-2-10(13-11)12-6-9(12)7-15-8-12/h1-3,9,14H,4-8H2/t9-,12-/m1/s1/i1D. The third-order valence-corrected chi connectivity index (χ3v) is 3.42. The molecule has 2 atom stereocenters. The highest BCUT2D eigenvalue weighted by Crippen LogP contribution is 2.57. The zero-order valence-electron chi connectivity index (χ0n) is 9.98. The van der Waals surface area contributed by atoms with E-state index in [0.717, 1.165) is 18.7 Å². The summed E-state index contributed by atoms with van der Waals surface area (Å²) in [5, 5.41) is 8.72. The normalized spacial score (nSPS) is 32.1. The molecule has 1 aromatic rings. The zero-order chi connectivity index (χ0) is 11.9. The molecule has 1 aliphatic heterocycles. The van der Waals surface area contributed by atoms with Gasteiger partial charge in [-0.25, -0.2) is 4.98 Å². The number of aromatic nitrogens is 1. The minimum absolute atomic E-state index is 0.0361. The van der Waals surface area contributed by atoms with Gasteiger partial charge in [0.1, 0.15) is 6.61 Å². The molecular formula is C12H15NO3. The first-order chi connectivity index (χ1) is 8.24. The molecule has 86 valence electrons. The van der Waals surface area contributed by atoms with Gasteiger partial charge in [-0.2, -0.15) is 0 Å². The summed E-state index contributed by atoms with van der Waals surface area (Å²) in [5.74, 6) is 0.982. The molecule has 2 heterocycles. The lowest BCUT2D eigenvalue weighted by molar-refractivity contribution is 0.159. The Balaban J connectivity index is 1.87. The fourth-order valence-corrected chi connectivity index (χ4v) is 2.40. The highest BCUT2D eigenvalue weighted by atomic mass is 16.5. The fraction of sp³-hybridized carbons (Fsp3) is 0.583. The third kappa shape index (κ3) is 1.49. The lowest BCUT2D eigenvalue weighted by atomic mass is 10.0. The second kappa shape index (κ2) is 3.71. The summed E-state index contributed by atoms with van der Waals surface area (Å²) >= 11 is 0. The summed E-state index contributed by atoms with van der Waals surface area (Å²) in [5.41, 5.74) is 0.939. The molecule has 1 N–H and O–H groups in total. The molecule has 1 aromatic heterocycles. The van der Waals surface area contributed by atoms with Crippen molar-refractivity contribution in [2.75, 3.05) is 26.4 Å². The number of hydrogen-bond donors (Lipinski definition) is 1. The number of rotatable bonds is 4. The minimum Gasteiger partial charge on any atom is -0.475 e. The first-order valence-corrected chi connectivity index (χ1v) is 5.55. The van der Waals surface area contributed by atoms with E-state index in [0.29, 0.717) is 24.4 Å². The summed E-state index contributed by atoms with van der Waals surface area (Å²) in [7, 11) is 0. The van der Waals surface area contributed by atoms with E-state index in [2.05, 4.69) is 4.98 Å². The summed E-state index contributed by atoms with van der Waals surface area (Å²) < 4.78 is 18.5. The molecule has 4 nitrogen and oxygen atoms in total. The van der Waals surface area contributed by atoms with E-state index in [1.807, 2.05) is 0 Å². The number of ether oxygens (including phenoxy) is 2. The number of aliphatic hydroxyl groups excluding tert-OH is 1. The second-order valence-electron chi connectivity index (χ2n) is 4.44. The van der Waals surface area contributed by atoms with Crippen molar-refractivity contribution in [1.29, 1.82) is 0 Å². The van der Waals surface area contributed by atoms with Crippen molar-refractivity contribution in [3.05, 3.63) is 23.9 Å². The van der Waals surface area contributed by atoms with E-state index < -0.39 is 0 Å². The largest absolute Gasteiger partial charge is 0.475 e.